The average molecular weight is 301 g/mol. The first-order valence-electron chi connectivity index (χ1n) is 5.94. The topological polar surface area (TPSA) is 102 Å². The van der Waals surface area contributed by atoms with Gasteiger partial charge in [-0.2, -0.15) is 5.26 Å². The summed E-state index contributed by atoms with van der Waals surface area (Å²) in [5, 5.41) is 20.0. The van der Waals surface area contributed by atoms with Crippen molar-refractivity contribution in [1.29, 1.82) is 5.26 Å². The predicted molar refractivity (Wildman–Crippen MR) is 72.0 cm³/mol. The lowest BCUT2D eigenvalue weighted by Crippen LogP contribution is -2.33. The van der Waals surface area contributed by atoms with Gasteiger partial charge in [-0.1, -0.05) is 0 Å². The van der Waals surface area contributed by atoms with Gasteiger partial charge in [0.1, 0.15) is 10.7 Å². The lowest BCUT2D eigenvalue weighted by Gasteiger charge is -2.15. The highest BCUT2D eigenvalue weighted by atomic mass is 32.2. The minimum absolute atomic E-state index is 0.00788. The summed E-state index contributed by atoms with van der Waals surface area (Å²) < 4.78 is 39.9. The fourth-order valence-electron chi connectivity index (χ4n) is 1.56. The predicted octanol–water partition coefficient (Wildman–Crippen LogP) is 0.810. The molecule has 0 aromatic heterocycles. The summed E-state index contributed by atoms with van der Waals surface area (Å²) in [4.78, 5) is -0.254. The van der Waals surface area contributed by atoms with E-state index in [1.165, 1.54) is 6.07 Å². The standard InChI is InChI=1S/C12H16FN3O3S/c1-9(4-5-14)16-20(18,19)12-8-10(13)2-3-11(12)15-6-7-17/h2-3,8-9,15-17H,4,6-7H2,1H3. The molecule has 0 aliphatic carbocycles. The van der Waals surface area contributed by atoms with Crippen LogP contribution in [0.4, 0.5) is 10.1 Å². The Labute approximate surface area is 117 Å². The van der Waals surface area contributed by atoms with E-state index in [1.807, 2.05) is 6.07 Å². The van der Waals surface area contributed by atoms with Crippen LogP contribution in [0.1, 0.15) is 13.3 Å². The van der Waals surface area contributed by atoms with Crippen LogP contribution in [0.25, 0.3) is 0 Å². The van der Waals surface area contributed by atoms with Crippen LogP contribution < -0.4 is 10.0 Å². The number of aliphatic hydroxyl groups is 1. The number of nitrogens with one attached hydrogen (secondary N) is 2. The molecule has 8 heteroatoms. The van der Waals surface area contributed by atoms with Crippen LogP contribution in [-0.2, 0) is 10.0 Å². The van der Waals surface area contributed by atoms with E-state index in [9.17, 15) is 12.8 Å². The molecular formula is C12H16FN3O3S. The normalized spacial score (nSPS) is 12.7. The van der Waals surface area contributed by atoms with Gasteiger partial charge in [0.05, 0.1) is 24.8 Å². The average Bonchev–Trinajstić information content (AvgIpc) is 2.37. The summed E-state index contributed by atoms with van der Waals surface area (Å²) in [5.74, 6) is -0.687. The van der Waals surface area contributed by atoms with Crippen molar-refractivity contribution in [3.8, 4) is 6.07 Å². The molecule has 1 atom stereocenters. The molecule has 0 aliphatic heterocycles. The van der Waals surface area contributed by atoms with Gasteiger partial charge in [0.25, 0.3) is 0 Å². The Morgan fingerprint density at radius 3 is 2.80 bits per heavy atom. The van der Waals surface area contributed by atoms with Crippen LogP contribution in [0.3, 0.4) is 0 Å². The Balaban J connectivity index is 3.09. The maximum absolute atomic E-state index is 13.3. The van der Waals surface area contributed by atoms with Crippen molar-refractivity contribution >= 4 is 15.7 Å². The van der Waals surface area contributed by atoms with Crippen molar-refractivity contribution in [3.05, 3.63) is 24.0 Å². The summed E-state index contributed by atoms with van der Waals surface area (Å²) in [6.45, 7) is 1.50. The molecule has 0 aliphatic rings. The van der Waals surface area contributed by atoms with Gasteiger partial charge in [-0.25, -0.2) is 17.5 Å². The Morgan fingerprint density at radius 1 is 1.50 bits per heavy atom. The highest BCUT2D eigenvalue weighted by Crippen LogP contribution is 2.22. The number of halogens is 1. The molecule has 110 valence electrons. The number of benzene rings is 1. The molecule has 0 amide bonds. The Kier molecular flexibility index (Phi) is 5.88. The molecule has 6 nitrogen and oxygen atoms in total. The third-order valence-corrected chi connectivity index (χ3v) is 4.04. The first-order valence-corrected chi connectivity index (χ1v) is 7.42. The summed E-state index contributed by atoms with van der Waals surface area (Å²) in [5.41, 5.74) is 0.192. The zero-order valence-electron chi connectivity index (χ0n) is 10.9. The molecule has 1 unspecified atom stereocenters. The molecule has 1 aromatic rings. The first kappa shape index (κ1) is 16.4. The van der Waals surface area contributed by atoms with Crippen molar-refractivity contribution in [2.24, 2.45) is 0 Å². The fourth-order valence-corrected chi connectivity index (χ4v) is 3.00. The van der Waals surface area contributed by atoms with Gasteiger partial charge in [-0.15, -0.1) is 0 Å². The second-order valence-corrected chi connectivity index (χ2v) is 5.86. The van der Waals surface area contributed by atoms with Crippen molar-refractivity contribution < 1.29 is 17.9 Å². The Bertz CT molecular complexity index is 598. The van der Waals surface area contributed by atoms with Crippen molar-refractivity contribution in [1.82, 2.24) is 4.72 Å². The van der Waals surface area contributed by atoms with Crippen LogP contribution in [0.5, 0.6) is 0 Å². The molecule has 1 rings (SSSR count). The number of hydrogen-bond donors (Lipinski definition) is 3. The zero-order chi connectivity index (χ0) is 15.2. The number of hydrogen-bond acceptors (Lipinski definition) is 5. The van der Waals surface area contributed by atoms with Crippen molar-refractivity contribution in [3.63, 3.8) is 0 Å². The third-order valence-electron chi connectivity index (χ3n) is 2.41. The number of sulfonamides is 1. The van der Waals surface area contributed by atoms with E-state index in [2.05, 4.69) is 10.0 Å². The SMILES string of the molecule is CC(CC#N)NS(=O)(=O)c1cc(F)ccc1NCCO. The van der Waals surface area contributed by atoms with Crippen LogP contribution in [0.15, 0.2) is 23.1 Å². The lowest BCUT2D eigenvalue weighted by molar-refractivity contribution is 0.311. The smallest absolute Gasteiger partial charge is 0.243 e. The van der Waals surface area contributed by atoms with E-state index in [-0.39, 0.29) is 30.2 Å². The summed E-state index contributed by atoms with van der Waals surface area (Å²) in [6, 6.07) is 4.57. The van der Waals surface area contributed by atoms with Gasteiger partial charge in [-0.05, 0) is 25.1 Å². The first-order chi connectivity index (χ1) is 9.40. The molecule has 0 radical (unpaired) electrons. The molecular weight excluding hydrogens is 285 g/mol. The molecule has 20 heavy (non-hydrogen) atoms. The molecule has 3 N–H and O–H groups in total. The highest BCUT2D eigenvalue weighted by molar-refractivity contribution is 7.89. The van der Waals surface area contributed by atoms with E-state index in [4.69, 9.17) is 10.4 Å². The van der Waals surface area contributed by atoms with Crippen LogP contribution >= 0.6 is 0 Å². The van der Waals surface area contributed by atoms with Gasteiger partial charge in [0.2, 0.25) is 10.0 Å². The van der Waals surface area contributed by atoms with Gasteiger partial charge < -0.3 is 10.4 Å². The number of anilines is 1. The maximum atomic E-state index is 13.3. The van der Waals surface area contributed by atoms with E-state index >= 15 is 0 Å². The van der Waals surface area contributed by atoms with E-state index in [1.54, 1.807) is 6.92 Å². The largest absolute Gasteiger partial charge is 0.395 e. The number of nitrogens with zero attached hydrogens (tertiary/aromatic N) is 1. The number of rotatable bonds is 7. The van der Waals surface area contributed by atoms with Crippen LogP contribution in [-0.4, -0.2) is 32.7 Å². The zero-order valence-corrected chi connectivity index (χ0v) is 11.7. The van der Waals surface area contributed by atoms with Crippen LogP contribution in [0, 0.1) is 17.1 Å². The molecule has 0 saturated carbocycles. The Hall–Kier alpha value is -1.69. The molecule has 0 fully saturated rings. The molecule has 0 heterocycles. The number of nitriles is 1. The van der Waals surface area contributed by atoms with E-state index in [0.29, 0.717) is 0 Å². The van der Waals surface area contributed by atoms with Crippen LogP contribution in [0.2, 0.25) is 0 Å². The van der Waals surface area contributed by atoms with E-state index < -0.39 is 21.9 Å². The summed E-state index contributed by atoms with van der Waals surface area (Å²) >= 11 is 0. The maximum Gasteiger partial charge on any atom is 0.243 e. The molecule has 0 bridgehead atoms. The Morgan fingerprint density at radius 2 is 2.20 bits per heavy atom. The second-order valence-electron chi connectivity index (χ2n) is 4.18. The fraction of sp³-hybridized carbons (Fsp3) is 0.417. The lowest BCUT2D eigenvalue weighted by atomic mass is 10.3. The van der Waals surface area contributed by atoms with Crippen molar-refractivity contribution in [2.45, 2.75) is 24.3 Å². The van der Waals surface area contributed by atoms with Crippen molar-refractivity contribution in [2.75, 3.05) is 18.5 Å². The second kappa shape index (κ2) is 7.19. The van der Waals surface area contributed by atoms with Gasteiger partial charge in [0, 0.05) is 12.6 Å². The minimum Gasteiger partial charge on any atom is -0.395 e. The van der Waals surface area contributed by atoms with Gasteiger partial charge in [0.15, 0.2) is 0 Å². The summed E-state index contributed by atoms with van der Waals surface area (Å²) in [6.07, 6.45) is 0.00788. The summed E-state index contributed by atoms with van der Waals surface area (Å²) in [7, 11) is -3.95. The third kappa shape index (κ3) is 4.45. The minimum atomic E-state index is -3.95. The highest BCUT2D eigenvalue weighted by Gasteiger charge is 2.21. The van der Waals surface area contributed by atoms with E-state index in [0.717, 1.165) is 12.1 Å². The molecule has 0 spiro atoms. The molecule has 0 saturated heterocycles. The van der Waals surface area contributed by atoms with Gasteiger partial charge >= 0.3 is 0 Å². The molecule has 1 aromatic carbocycles. The number of aliphatic hydroxyl groups excluding tert-OH is 1. The monoisotopic (exact) mass is 301 g/mol. The van der Waals surface area contributed by atoms with Gasteiger partial charge in [-0.3, -0.25) is 0 Å². The quantitative estimate of drug-likeness (QED) is 0.691.